The smallest absolute Gasteiger partial charge is 0.0358 e. The van der Waals surface area contributed by atoms with Gasteiger partial charge in [-0.1, -0.05) is 0 Å². The van der Waals surface area contributed by atoms with Crippen LogP contribution in [0.15, 0.2) is 24.4 Å². The van der Waals surface area contributed by atoms with Gasteiger partial charge in [-0.3, -0.25) is 0 Å². The Bertz CT molecular complexity index is 270. The Hall–Kier alpha value is 1.01. The normalized spacial score (nSPS) is 10.3. The topological polar surface area (TPSA) is 0 Å². The Balaban J connectivity index is 3.46. The maximum Gasteiger partial charge on any atom is 0.0358 e. The highest BCUT2D eigenvalue weighted by Crippen LogP contribution is 2.35. The zero-order valence-corrected chi connectivity index (χ0v) is 11.3. The molecule has 0 saturated heterocycles. The first-order valence-corrected chi connectivity index (χ1v) is 5.69. The highest BCUT2D eigenvalue weighted by molar-refractivity contribution is 9.13. The van der Waals surface area contributed by atoms with Crippen LogP contribution in [0.1, 0.15) is 5.56 Å². The summed E-state index contributed by atoms with van der Waals surface area (Å²) in [5.41, 5.74) is 1.16. The molecule has 0 bridgehead atoms. The summed E-state index contributed by atoms with van der Waals surface area (Å²) in [6, 6.07) is 1.95. The minimum absolute atomic E-state index is 0.942. The summed E-state index contributed by atoms with van der Waals surface area (Å²) in [6.07, 6.45) is 0. The van der Waals surface area contributed by atoms with E-state index in [-0.39, 0.29) is 0 Å². The number of thiol groups is 1. The molecule has 0 saturated carbocycles. The van der Waals surface area contributed by atoms with Crippen LogP contribution in [0.5, 0.6) is 0 Å². The van der Waals surface area contributed by atoms with Gasteiger partial charge in [0.05, 0.1) is 0 Å². The lowest BCUT2D eigenvalue weighted by Gasteiger charge is -2.06. The highest BCUT2D eigenvalue weighted by Gasteiger charge is 2.07. The molecule has 1 aromatic carbocycles. The lowest BCUT2D eigenvalue weighted by molar-refractivity contribution is 1.27. The zero-order chi connectivity index (χ0) is 8.59. The van der Waals surface area contributed by atoms with Crippen molar-refractivity contribution in [3.8, 4) is 0 Å². The van der Waals surface area contributed by atoms with Crippen molar-refractivity contribution in [3.05, 3.63) is 25.0 Å². The van der Waals surface area contributed by atoms with E-state index in [0.717, 1.165) is 23.9 Å². The molecule has 0 heterocycles. The Labute approximate surface area is 96.6 Å². The van der Waals surface area contributed by atoms with Crippen molar-refractivity contribution in [1.29, 1.82) is 0 Å². The summed E-state index contributed by atoms with van der Waals surface area (Å²) >= 11 is 14.6. The van der Waals surface area contributed by atoms with Gasteiger partial charge in [-0.25, -0.2) is 0 Å². The van der Waals surface area contributed by atoms with Crippen LogP contribution < -0.4 is 0 Å². The van der Waals surface area contributed by atoms with Crippen molar-refractivity contribution in [2.45, 2.75) is 11.8 Å². The minimum atomic E-state index is 0.942. The van der Waals surface area contributed by atoms with Gasteiger partial charge in [-0.15, -0.1) is 12.6 Å². The fraction of sp³-hybridized carbons (Fsp3) is 0.143. The molecule has 1 aromatic rings. The Morgan fingerprint density at radius 1 is 1.18 bits per heavy atom. The number of rotatable bonds is 0. The maximum absolute atomic E-state index is 4.29. The van der Waals surface area contributed by atoms with Crippen LogP contribution in [0.3, 0.4) is 0 Å². The molecule has 4 heteroatoms. The van der Waals surface area contributed by atoms with E-state index >= 15 is 0 Å². The van der Waals surface area contributed by atoms with Crippen molar-refractivity contribution in [3.63, 3.8) is 0 Å². The highest BCUT2D eigenvalue weighted by atomic mass is 79.9. The van der Waals surface area contributed by atoms with Crippen LogP contribution in [0.2, 0.25) is 0 Å². The predicted octanol–water partition coefficient (Wildman–Crippen LogP) is 4.57. The monoisotopic (exact) mass is 358 g/mol. The van der Waals surface area contributed by atoms with E-state index in [4.69, 9.17) is 0 Å². The Kier molecular flexibility index (Phi) is 3.50. The number of hydrogen-bond donors (Lipinski definition) is 1. The molecule has 0 unspecified atom stereocenters. The van der Waals surface area contributed by atoms with Gasteiger partial charge < -0.3 is 0 Å². The standard InChI is InChI=1S/C7H5Br3S/c1-3-6(9)4(8)2-5(11)7(3)10/h2,11H,1H3. The molecule has 1 rings (SSSR count). The fourth-order valence-corrected chi connectivity index (χ4v) is 2.61. The van der Waals surface area contributed by atoms with E-state index in [0.29, 0.717) is 0 Å². The summed E-state index contributed by atoms with van der Waals surface area (Å²) in [7, 11) is 0. The molecule has 0 spiro atoms. The third kappa shape index (κ3) is 2.02. The van der Waals surface area contributed by atoms with Crippen LogP contribution >= 0.6 is 60.4 Å². The largest absolute Gasteiger partial charge is 0.142 e. The summed E-state index contributed by atoms with van der Waals surface area (Å²) in [5.74, 6) is 0. The van der Waals surface area contributed by atoms with Crippen molar-refractivity contribution < 1.29 is 0 Å². The average Bonchev–Trinajstić information content (AvgIpc) is 1.97. The molecular formula is C7H5Br3S. The van der Waals surface area contributed by atoms with Crippen molar-refractivity contribution in [1.82, 2.24) is 0 Å². The van der Waals surface area contributed by atoms with E-state index in [9.17, 15) is 0 Å². The first kappa shape index (κ1) is 10.1. The second kappa shape index (κ2) is 3.81. The summed E-state index contributed by atoms with van der Waals surface area (Å²) in [5, 5.41) is 0. The summed E-state index contributed by atoms with van der Waals surface area (Å²) < 4.78 is 3.14. The summed E-state index contributed by atoms with van der Waals surface area (Å²) in [4.78, 5) is 0.942. The van der Waals surface area contributed by atoms with Gasteiger partial charge in [0.1, 0.15) is 0 Å². The van der Waals surface area contributed by atoms with Gasteiger partial charge in [0, 0.05) is 18.3 Å². The third-order valence-corrected chi connectivity index (χ3v) is 5.22. The van der Waals surface area contributed by atoms with E-state index in [1.807, 2.05) is 13.0 Å². The molecule has 0 atom stereocenters. The zero-order valence-electron chi connectivity index (χ0n) is 5.66. The molecule has 0 aliphatic heterocycles. The van der Waals surface area contributed by atoms with Gasteiger partial charge in [-0.2, -0.15) is 0 Å². The molecule has 0 aliphatic carbocycles. The molecule has 60 valence electrons. The van der Waals surface area contributed by atoms with E-state index in [1.54, 1.807) is 0 Å². The molecule has 0 amide bonds. The molecule has 0 aliphatic rings. The number of halogens is 3. The molecule has 0 radical (unpaired) electrons. The Morgan fingerprint density at radius 3 is 2.27 bits per heavy atom. The van der Waals surface area contributed by atoms with Gasteiger partial charge in [0.15, 0.2) is 0 Å². The van der Waals surface area contributed by atoms with Crippen LogP contribution in [0.4, 0.5) is 0 Å². The van der Waals surface area contributed by atoms with Crippen LogP contribution in [-0.4, -0.2) is 0 Å². The lowest BCUT2D eigenvalue weighted by Crippen LogP contribution is -1.82. The summed E-state index contributed by atoms with van der Waals surface area (Å²) in [6.45, 7) is 2.03. The van der Waals surface area contributed by atoms with Gasteiger partial charge in [0.2, 0.25) is 0 Å². The van der Waals surface area contributed by atoms with E-state index in [2.05, 4.69) is 60.4 Å². The molecule has 0 fully saturated rings. The van der Waals surface area contributed by atoms with Crippen LogP contribution in [-0.2, 0) is 0 Å². The average molecular weight is 361 g/mol. The van der Waals surface area contributed by atoms with Gasteiger partial charge >= 0.3 is 0 Å². The third-order valence-electron chi connectivity index (χ3n) is 1.36. The number of hydrogen-bond acceptors (Lipinski definition) is 1. The van der Waals surface area contributed by atoms with Crippen molar-refractivity contribution in [2.75, 3.05) is 0 Å². The molecule has 0 N–H and O–H groups in total. The number of benzene rings is 1. The fourth-order valence-electron chi connectivity index (χ4n) is 0.714. The van der Waals surface area contributed by atoms with E-state index < -0.39 is 0 Å². The lowest BCUT2D eigenvalue weighted by atomic mass is 10.2. The van der Waals surface area contributed by atoms with Crippen molar-refractivity contribution in [2.24, 2.45) is 0 Å². The second-order valence-electron chi connectivity index (χ2n) is 2.13. The molecule has 11 heavy (non-hydrogen) atoms. The van der Waals surface area contributed by atoms with Crippen LogP contribution in [0.25, 0.3) is 0 Å². The second-order valence-corrected chi connectivity index (χ2v) is 5.05. The molecule has 0 nitrogen and oxygen atoms in total. The molecule has 0 aromatic heterocycles. The first-order valence-electron chi connectivity index (χ1n) is 2.87. The van der Waals surface area contributed by atoms with Crippen molar-refractivity contribution >= 4 is 60.4 Å². The first-order chi connectivity index (χ1) is 5.04. The predicted molar refractivity (Wildman–Crippen MR) is 61.5 cm³/mol. The molecular weight excluding hydrogens is 356 g/mol. The van der Waals surface area contributed by atoms with Crippen LogP contribution in [0, 0.1) is 6.92 Å². The maximum atomic E-state index is 4.29. The van der Waals surface area contributed by atoms with E-state index in [1.165, 1.54) is 0 Å². The van der Waals surface area contributed by atoms with Gasteiger partial charge in [0.25, 0.3) is 0 Å². The van der Waals surface area contributed by atoms with Gasteiger partial charge in [-0.05, 0) is 66.3 Å². The minimum Gasteiger partial charge on any atom is -0.142 e. The Morgan fingerprint density at radius 2 is 1.73 bits per heavy atom. The SMILES string of the molecule is Cc1c(Br)c(S)cc(Br)c1Br. The quantitative estimate of drug-likeness (QED) is 0.508.